The van der Waals surface area contributed by atoms with Gasteiger partial charge in [0.15, 0.2) is 0 Å². The van der Waals surface area contributed by atoms with Gasteiger partial charge < -0.3 is 10.5 Å². The van der Waals surface area contributed by atoms with Gasteiger partial charge in [-0.1, -0.05) is 38.0 Å². The van der Waals surface area contributed by atoms with Gasteiger partial charge in [0.05, 0.1) is 6.10 Å². The summed E-state index contributed by atoms with van der Waals surface area (Å²) in [4.78, 5) is 0. The van der Waals surface area contributed by atoms with Crippen LogP contribution in [0.2, 0.25) is 0 Å². The minimum atomic E-state index is 0.0787. The first-order valence-electron chi connectivity index (χ1n) is 7.04. The second kappa shape index (κ2) is 5.31. The highest BCUT2D eigenvalue weighted by atomic mass is 16.5. The Kier molecular flexibility index (Phi) is 3.96. The second-order valence-electron chi connectivity index (χ2n) is 6.04. The zero-order chi connectivity index (χ0) is 13.2. The average Bonchev–Trinajstić information content (AvgIpc) is 2.76. The van der Waals surface area contributed by atoms with Gasteiger partial charge in [0, 0.05) is 11.6 Å². The van der Waals surface area contributed by atoms with Crippen LogP contribution in [0.4, 0.5) is 0 Å². The van der Waals surface area contributed by atoms with Crippen LogP contribution in [0.3, 0.4) is 0 Å². The maximum absolute atomic E-state index is 6.53. The third kappa shape index (κ3) is 2.69. The molecule has 0 heterocycles. The number of benzene rings is 1. The molecule has 1 atom stereocenters. The predicted octanol–water partition coefficient (Wildman–Crippen LogP) is 4.05. The zero-order valence-corrected chi connectivity index (χ0v) is 11.8. The second-order valence-corrected chi connectivity index (χ2v) is 6.04. The SMILES string of the molecule is CC(C)Oc1ccccc1C(N)C1(C)CCCC1. The molecular weight excluding hydrogens is 222 g/mol. The van der Waals surface area contributed by atoms with E-state index in [9.17, 15) is 0 Å². The third-order valence-corrected chi connectivity index (χ3v) is 4.11. The molecule has 2 nitrogen and oxygen atoms in total. The van der Waals surface area contributed by atoms with Crippen molar-refractivity contribution >= 4 is 0 Å². The zero-order valence-electron chi connectivity index (χ0n) is 11.8. The van der Waals surface area contributed by atoms with Crippen molar-refractivity contribution < 1.29 is 4.74 Å². The monoisotopic (exact) mass is 247 g/mol. The van der Waals surface area contributed by atoms with Gasteiger partial charge in [-0.05, 0) is 38.2 Å². The molecule has 0 bridgehead atoms. The minimum absolute atomic E-state index is 0.0787. The summed E-state index contributed by atoms with van der Waals surface area (Å²) in [5, 5.41) is 0. The number of ether oxygens (including phenoxy) is 1. The van der Waals surface area contributed by atoms with E-state index in [-0.39, 0.29) is 17.6 Å². The summed E-state index contributed by atoms with van der Waals surface area (Å²) in [6.07, 6.45) is 5.25. The maximum atomic E-state index is 6.53. The molecule has 2 rings (SSSR count). The van der Waals surface area contributed by atoms with Crippen molar-refractivity contribution in [2.75, 3.05) is 0 Å². The lowest BCUT2D eigenvalue weighted by Crippen LogP contribution is -2.30. The maximum Gasteiger partial charge on any atom is 0.124 e. The van der Waals surface area contributed by atoms with Crippen LogP contribution < -0.4 is 10.5 Å². The summed E-state index contributed by atoms with van der Waals surface area (Å²) in [6, 6.07) is 8.31. The molecule has 1 saturated carbocycles. The summed E-state index contributed by atoms with van der Waals surface area (Å²) in [5.74, 6) is 0.952. The van der Waals surface area contributed by atoms with Crippen molar-refractivity contribution in [1.29, 1.82) is 0 Å². The predicted molar refractivity (Wildman–Crippen MR) is 75.7 cm³/mol. The van der Waals surface area contributed by atoms with E-state index in [0.717, 1.165) is 11.3 Å². The highest BCUT2D eigenvalue weighted by Crippen LogP contribution is 2.47. The normalized spacial score (nSPS) is 20.1. The Labute approximate surface area is 111 Å². The fourth-order valence-corrected chi connectivity index (χ4v) is 2.97. The Balaban J connectivity index is 2.26. The van der Waals surface area contributed by atoms with Gasteiger partial charge in [-0.2, -0.15) is 0 Å². The number of para-hydroxylation sites is 1. The van der Waals surface area contributed by atoms with E-state index in [1.54, 1.807) is 0 Å². The van der Waals surface area contributed by atoms with Gasteiger partial charge in [0.2, 0.25) is 0 Å². The van der Waals surface area contributed by atoms with E-state index >= 15 is 0 Å². The number of rotatable bonds is 4. The van der Waals surface area contributed by atoms with Gasteiger partial charge in [-0.3, -0.25) is 0 Å². The van der Waals surface area contributed by atoms with Crippen LogP contribution in [0.15, 0.2) is 24.3 Å². The van der Waals surface area contributed by atoms with E-state index in [1.807, 2.05) is 12.1 Å². The molecule has 1 aromatic carbocycles. The van der Waals surface area contributed by atoms with Crippen molar-refractivity contribution in [1.82, 2.24) is 0 Å². The summed E-state index contributed by atoms with van der Waals surface area (Å²) in [6.45, 7) is 6.43. The Hall–Kier alpha value is -1.02. The first-order valence-corrected chi connectivity index (χ1v) is 7.04. The van der Waals surface area contributed by atoms with Crippen LogP contribution in [0.1, 0.15) is 58.1 Å². The van der Waals surface area contributed by atoms with Crippen LogP contribution >= 0.6 is 0 Å². The molecule has 1 aliphatic carbocycles. The van der Waals surface area contributed by atoms with Crippen molar-refractivity contribution in [3.8, 4) is 5.75 Å². The fraction of sp³-hybridized carbons (Fsp3) is 0.625. The van der Waals surface area contributed by atoms with E-state index in [0.29, 0.717) is 0 Å². The Morgan fingerprint density at radius 1 is 1.17 bits per heavy atom. The Morgan fingerprint density at radius 2 is 1.78 bits per heavy atom. The molecule has 2 heteroatoms. The molecule has 1 fully saturated rings. The van der Waals surface area contributed by atoms with E-state index in [4.69, 9.17) is 10.5 Å². The van der Waals surface area contributed by atoms with Crippen LogP contribution in [-0.4, -0.2) is 6.10 Å². The molecule has 0 saturated heterocycles. The van der Waals surface area contributed by atoms with E-state index < -0.39 is 0 Å². The molecule has 1 aliphatic rings. The van der Waals surface area contributed by atoms with Crippen molar-refractivity contribution in [3.63, 3.8) is 0 Å². The van der Waals surface area contributed by atoms with Crippen molar-refractivity contribution in [2.24, 2.45) is 11.1 Å². The lowest BCUT2D eigenvalue weighted by molar-refractivity contribution is 0.222. The summed E-state index contributed by atoms with van der Waals surface area (Å²) in [5.41, 5.74) is 7.93. The highest BCUT2D eigenvalue weighted by Gasteiger charge is 2.36. The minimum Gasteiger partial charge on any atom is -0.491 e. The molecule has 0 aromatic heterocycles. The smallest absolute Gasteiger partial charge is 0.124 e. The molecule has 0 aliphatic heterocycles. The average molecular weight is 247 g/mol. The number of nitrogens with two attached hydrogens (primary N) is 1. The Bertz CT molecular complexity index is 394. The summed E-state index contributed by atoms with van der Waals surface area (Å²) >= 11 is 0. The van der Waals surface area contributed by atoms with Gasteiger partial charge in [0.1, 0.15) is 5.75 Å². The van der Waals surface area contributed by atoms with E-state index in [2.05, 4.69) is 32.9 Å². The lowest BCUT2D eigenvalue weighted by atomic mass is 9.77. The number of hydrogen-bond donors (Lipinski definition) is 1. The standard InChI is InChI=1S/C16H25NO/c1-12(2)18-14-9-5-4-8-13(14)15(17)16(3)10-6-7-11-16/h4-5,8-9,12,15H,6-7,10-11,17H2,1-3H3. The molecule has 0 spiro atoms. The van der Waals surface area contributed by atoms with Gasteiger partial charge in [-0.25, -0.2) is 0 Å². The molecule has 2 N–H and O–H groups in total. The summed E-state index contributed by atoms with van der Waals surface area (Å²) in [7, 11) is 0. The Morgan fingerprint density at radius 3 is 2.39 bits per heavy atom. The molecular formula is C16H25NO. The molecule has 1 aromatic rings. The molecule has 0 amide bonds. The van der Waals surface area contributed by atoms with Crippen LogP contribution in [0.5, 0.6) is 5.75 Å². The first kappa shape index (κ1) is 13.4. The van der Waals surface area contributed by atoms with Crippen LogP contribution in [-0.2, 0) is 0 Å². The summed E-state index contributed by atoms with van der Waals surface area (Å²) < 4.78 is 5.89. The van der Waals surface area contributed by atoms with Gasteiger partial charge in [0.25, 0.3) is 0 Å². The first-order chi connectivity index (χ1) is 8.53. The molecule has 0 radical (unpaired) electrons. The van der Waals surface area contributed by atoms with Crippen molar-refractivity contribution in [2.45, 2.75) is 58.6 Å². The van der Waals surface area contributed by atoms with E-state index in [1.165, 1.54) is 25.7 Å². The topological polar surface area (TPSA) is 35.2 Å². The fourth-order valence-electron chi connectivity index (χ4n) is 2.97. The molecule has 1 unspecified atom stereocenters. The highest BCUT2D eigenvalue weighted by molar-refractivity contribution is 5.37. The van der Waals surface area contributed by atoms with Crippen LogP contribution in [0, 0.1) is 5.41 Å². The molecule has 18 heavy (non-hydrogen) atoms. The molecule has 100 valence electrons. The van der Waals surface area contributed by atoms with Gasteiger partial charge >= 0.3 is 0 Å². The number of hydrogen-bond acceptors (Lipinski definition) is 2. The third-order valence-electron chi connectivity index (χ3n) is 4.11. The van der Waals surface area contributed by atoms with Crippen LogP contribution in [0.25, 0.3) is 0 Å². The largest absolute Gasteiger partial charge is 0.491 e. The van der Waals surface area contributed by atoms with Crippen molar-refractivity contribution in [3.05, 3.63) is 29.8 Å². The lowest BCUT2D eigenvalue weighted by Gasteiger charge is -2.32. The quantitative estimate of drug-likeness (QED) is 0.871. The van der Waals surface area contributed by atoms with Gasteiger partial charge in [-0.15, -0.1) is 0 Å².